The van der Waals surface area contributed by atoms with Gasteiger partial charge in [-0.3, -0.25) is 9.97 Å². The third-order valence-corrected chi connectivity index (χ3v) is 4.11. The predicted octanol–water partition coefficient (Wildman–Crippen LogP) is 3.28. The molecule has 1 aromatic carbocycles. The van der Waals surface area contributed by atoms with Gasteiger partial charge in [-0.15, -0.1) is 0 Å². The summed E-state index contributed by atoms with van der Waals surface area (Å²) in [5, 5.41) is 3.25. The molecular weight excluding hydrogens is 404 g/mol. The van der Waals surface area contributed by atoms with Crippen molar-refractivity contribution in [1.82, 2.24) is 19.9 Å². The summed E-state index contributed by atoms with van der Waals surface area (Å²) in [6.07, 6.45) is 6.26. The van der Waals surface area contributed by atoms with Crippen LogP contribution in [0.4, 0.5) is 17.2 Å². The van der Waals surface area contributed by atoms with Crippen molar-refractivity contribution in [2.24, 2.45) is 0 Å². The lowest BCUT2D eigenvalue weighted by Gasteiger charge is -2.15. The Balaban J connectivity index is 2.10. The summed E-state index contributed by atoms with van der Waals surface area (Å²) < 4.78 is 15.2. The average Bonchev–Trinajstić information content (AvgIpc) is 2.52. The molecule has 0 aliphatic heterocycles. The Hall–Kier alpha value is -1.68. The van der Waals surface area contributed by atoms with Gasteiger partial charge >= 0.3 is 0 Å². The first-order chi connectivity index (χ1) is 11.0. The number of fused-ring (bicyclic) bond motifs is 1. The Kier molecular flexibility index (Phi) is 4.81. The summed E-state index contributed by atoms with van der Waals surface area (Å²) in [6.45, 7) is 0. The van der Waals surface area contributed by atoms with E-state index in [1.165, 1.54) is 6.26 Å². The summed E-state index contributed by atoms with van der Waals surface area (Å²) in [5.41, 5.74) is 2.50. The SMILES string of the molecule is C[S+]([O-])Nc1c(Nc2nc(Cl)ncc2Br)ccc2nccnc12. The molecule has 0 aliphatic carbocycles. The van der Waals surface area contributed by atoms with Gasteiger partial charge in [-0.25, -0.2) is 9.71 Å². The van der Waals surface area contributed by atoms with Crippen LogP contribution in [0.15, 0.2) is 35.2 Å². The lowest BCUT2D eigenvalue weighted by atomic mass is 10.2. The minimum atomic E-state index is -1.28. The van der Waals surface area contributed by atoms with Gasteiger partial charge in [-0.1, -0.05) is 0 Å². The molecule has 10 heteroatoms. The molecule has 0 amide bonds. The van der Waals surface area contributed by atoms with Crippen molar-refractivity contribution in [3.63, 3.8) is 0 Å². The first kappa shape index (κ1) is 16.2. The molecule has 23 heavy (non-hydrogen) atoms. The first-order valence-electron chi connectivity index (χ1n) is 6.33. The Morgan fingerprint density at radius 1 is 1.22 bits per heavy atom. The van der Waals surface area contributed by atoms with Gasteiger partial charge in [0.1, 0.15) is 23.3 Å². The van der Waals surface area contributed by atoms with Gasteiger partial charge in [0.15, 0.2) is 0 Å². The van der Waals surface area contributed by atoms with E-state index in [0.717, 1.165) is 0 Å². The van der Waals surface area contributed by atoms with Crippen LogP contribution < -0.4 is 10.0 Å². The highest BCUT2D eigenvalue weighted by atomic mass is 79.9. The van der Waals surface area contributed by atoms with Crippen molar-refractivity contribution >= 4 is 67.1 Å². The van der Waals surface area contributed by atoms with E-state index in [9.17, 15) is 4.55 Å². The number of benzene rings is 1. The van der Waals surface area contributed by atoms with E-state index in [2.05, 4.69) is 45.9 Å². The maximum absolute atomic E-state index is 11.7. The van der Waals surface area contributed by atoms with Crippen molar-refractivity contribution in [2.45, 2.75) is 0 Å². The van der Waals surface area contributed by atoms with Gasteiger partial charge in [-0.2, -0.15) is 4.98 Å². The minimum Gasteiger partial charge on any atom is -0.593 e. The molecule has 7 nitrogen and oxygen atoms in total. The van der Waals surface area contributed by atoms with Crippen molar-refractivity contribution in [2.75, 3.05) is 16.3 Å². The fourth-order valence-corrected chi connectivity index (χ4v) is 2.87. The summed E-state index contributed by atoms with van der Waals surface area (Å²) >= 11 is 7.91. The van der Waals surface area contributed by atoms with Gasteiger partial charge in [0.25, 0.3) is 0 Å². The van der Waals surface area contributed by atoms with Gasteiger partial charge in [0.05, 0.1) is 27.0 Å². The maximum atomic E-state index is 11.7. The zero-order valence-corrected chi connectivity index (χ0v) is 14.9. The molecule has 3 rings (SSSR count). The molecule has 0 bridgehead atoms. The molecule has 1 unspecified atom stereocenters. The number of nitrogens with one attached hydrogen (secondary N) is 2. The quantitative estimate of drug-likeness (QED) is 0.500. The van der Waals surface area contributed by atoms with E-state index >= 15 is 0 Å². The van der Waals surface area contributed by atoms with Crippen LogP contribution in [0.3, 0.4) is 0 Å². The highest BCUT2D eigenvalue weighted by Crippen LogP contribution is 2.33. The lowest BCUT2D eigenvalue weighted by Crippen LogP contribution is -2.12. The van der Waals surface area contributed by atoms with Crippen LogP contribution in [0.1, 0.15) is 0 Å². The highest BCUT2D eigenvalue weighted by molar-refractivity contribution is 9.10. The smallest absolute Gasteiger partial charge is 0.224 e. The summed E-state index contributed by atoms with van der Waals surface area (Å²) in [5.74, 6) is 0.484. The van der Waals surface area contributed by atoms with Crippen LogP contribution in [-0.4, -0.2) is 30.7 Å². The molecule has 2 heterocycles. The molecule has 0 radical (unpaired) electrons. The minimum absolute atomic E-state index is 0.116. The van der Waals surface area contributed by atoms with E-state index in [1.807, 2.05) is 6.07 Å². The second-order valence-electron chi connectivity index (χ2n) is 4.43. The zero-order chi connectivity index (χ0) is 16.4. The summed E-state index contributed by atoms with van der Waals surface area (Å²) in [7, 11) is 0. The number of halogens is 2. The second kappa shape index (κ2) is 6.83. The van der Waals surface area contributed by atoms with Crippen LogP contribution in [-0.2, 0) is 11.4 Å². The topological polar surface area (TPSA) is 98.7 Å². The van der Waals surface area contributed by atoms with Crippen molar-refractivity contribution in [3.8, 4) is 0 Å². The number of rotatable bonds is 4. The van der Waals surface area contributed by atoms with Gasteiger partial charge in [0, 0.05) is 18.6 Å². The van der Waals surface area contributed by atoms with Crippen LogP contribution in [0.5, 0.6) is 0 Å². The maximum Gasteiger partial charge on any atom is 0.224 e. The van der Waals surface area contributed by atoms with Crippen LogP contribution >= 0.6 is 27.5 Å². The fourth-order valence-electron chi connectivity index (χ4n) is 1.95. The molecule has 1 atom stereocenters. The Morgan fingerprint density at radius 3 is 2.78 bits per heavy atom. The standard InChI is InChI=1S/C13H10BrClN6OS/c1-23(22)21-11-9(3-2-8-10(11)17-5-4-16-8)19-12-7(14)6-18-13(15)20-12/h2-6,21H,1H3,(H,18,19,20). The molecule has 0 spiro atoms. The normalized spacial score (nSPS) is 12.2. The van der Waals surface area contributed by atoms with E-state index < -0.39 is 11.4 Å². The number of hydrogen-bond donors (Lipinski definition) is 2. The van der Waals surface area contributed by atoms with Crippen LogP contribution in [0.2, 0.25) is 5.28 Å². The Morgan fingerprint density at radius 2 is 2.00 bits per heavy atom. The van der Waals surface area contributed by atoms with Crippen molar-refractivity contribution < 1.29 is 4.55 Å². The first-order valence-corrected chi connectivity index (χ1v) is 9.06. The molecule has 0 fully saturated rings. The average molecular weight is 414 g/mol. The molecule has 0 saturated heterocycles. The van der Waals surface area contributed by atoms with E-state index in [4.69, 9.17) is 11.6 Å². The molecule has 0 aliphatic rings. The fraction of sp³-hybridized carbons (Fsp3) is 0.0769. The van der Waals surface area contributed by atoms with Crippen LogP contribution in [0, 0.1) is 0 Å². The number of anilines is 3. The molecule has 3 aromatic rings. The third-order valence-electron chi connectivity index (χ3n) is 2.85. The zero-order valence-electron chi connectivity index (χ0n) is 11.7. The largest absolute Gasteiger partial charge is 0.593 e. The molecule has 118 valence electrons. The summed E-state index contributed by atoms with van der Waals surface area (Å²) in [6, 6.07) is 3.61. The molecule has 0 saturated carbocycles. The Bertz CT molecular complexity index is 865. The second-order valence-corrected chi connectivity index (χ2v) is 6.73. The van der Waals surface area contributed by atoms with E-state index in [1.54, 1.807) is 24.7 Å². The highest BCUT2D eigenvalue weighted by Gasteiger charge is 2.15. The van der Waals surface area contributed by atoms with E-state index in [-0.39, 0.29) is 5.28 Å². The Labute approximate surface area is 148 Å². The molecular formula is C13H10BrClN6OS. The van der Waals surface area contributed by atoms with Crippen molar-refractivity contribution in [3.05, 3.63) is 40.5 Å². The van der Waals surface area contributed by atoms with Gasteiger partial charge in [-0.05, 0) is 39.7 Å². The molecule has 2 N–H and O–H groups in total. The summed E-state index contributed by atoms with van der Waals surface area (Å²) in [4.78, 5) is 16.6. The molecule has 2 aromatic heterocycles. The monoisotopic (exact) mass is 412 g/mol. The van der Waals surface area contributed by atoms with Crippen molar-refractivity contribution in [1.29, 1.82) is 0 Å². The van der Waals surface area contributed by atoms with Gasteiger partial charge < -0.3 is 9.87 Å². The predicted molar refractivity (Wildman–Crippen MR) is 95.3 cm³/mol. The van der Waals surface area contributed by atoms with Crippen LogP contribution in [0.25, 0.3) is 11.0 Å². The number of hydrogen-bond acceptors (Lipinski definition) is 7. The lowest BCUT2D eigenvalue weighted by molar-refractivity contribution is 0.606. The third kappa shape index (κ3) is 3.63. The number of aromatic nitrogens is 4. The van der Waals surface area contributed by atoms with Gasteiger partial charge in [0.2, 0.25) is 5.28 Å². The number of nitrogens with zero attached hydrogens (tertiary/aromatic N) is 4. The van der Waals surface area contributed by atoms with E-state index in [0.29, 0.717) is 32.7 Å².